The van der Waals surface area contributed by atoms with Crippen LogP contribution in [0.3, 0.4) is 0 Å². The Kier molecular flexibility index (Phi) is 5.11. The SMILES string of the molecule is CCC1CCCN(c2ccc(CBr)c(C)c2)CC1. The summed E-state index contributed by atoms with van der Waals surface area (Å²) in [6, 6.07) is 6.90. The van der Waals surface area contributed by atoms with E-state index in [0.717, 1.165) is 11.2 Å². The molecule has 0 spiro atoms. The molecule has 1 aliphatic rings. The topological polar surface area (TPSA) is 3.24 Å². The largest absolute Gasteiger partial charge is 0.372 e. The molecule has 0 amide bonds. The number of alkyl halides is 1. The molecule has 1 aliphatic heterocycles. The van der Waals surface area contributed by atoms with E-state index in [9.17, 15) is 0 Å². The van der Waals surface area contributed by atoms with E-state index >= 15 is 0 Å². The van der Waals surface area contributed by atoms with Crippen LogP contribution < -0.4 is 4.90 Å². The molecular weight excluding hydrogens is 286 g/mol. The van der Waals surface area contributed by atoms with Crippen LogP contribution in [-0.4, -0.2) is 13.1 Å². The smallest absolute Gasteiger partial charge is 0.0369 e. The van der Waals surface area contributed by atoms with Gasteiger partial charge in [0.15, 0.2) is 0 Å². The van der Waals surface area contributed by atoms with Crippen LogP contribution in [0.1, 0.15) is 43.7 Å². The van der Waals surface area contributed by atoms with Gasteiger partial charge in [0.05, 0.1) is 0 Å². The van der Waals surface area contributed by atoms with Gasteiger partial charge in [-0.2, -0.15) is 0 Å². The van der Waals surface area contributed by atoms with Crippen LogP contribution in [0.5, 0.6) is 0 Å². The van der Waals surface area contributed by atoms with Gasteiger partial charge in [0, 0.05) is 24.1 Å². The lowest BCUT2D eigenvalue weighted by Crippen LogP contribution is -2.24. The Labute approximate surface area is 120 Å². The zero-order chi connectivity index (χ0) is 13.0. The van der Waals surface area contributed by atoms with Crippen molar-refractivity contribution in [2.75, 3.05) is 18.0 Å². The number of hydrogen-bond donors (Lipinski definition) is 0. The zero-order valence-corrected chi connectivity index (χ0v) is 13.2. The highest BCUT2D eigenvalue weighted by Crippen LogP contribution is 2.26. The Hall–Kier alpha value is -0.500. The van der Waals surface area contributed by atoms with E-state index in [1.54, 1.807) is 0 Å². The molecule has 1 fully saturated rings. The molecule has 2 heteroatoms. The van der Waals surface area contributed by atoms with Crippen molar-refractivity contribution in [1.82, 2.24) is 0 Å². The molecule has 0 aliphatic carbocycles. The monoisotopic (exact) mass is 309 g/mol. The van der Waals surface area contributed by atoms with Gasteiger partial charge in [-0.1, -0.05) is 35.3 Å². The van der Waals surface area contributed by atoms with E-state index in [1.165, 1.54) is 55.6 Å². The molecule has 18 heavy (non-hydrogen) atoms. The predicted octanol–water partition coefficient (Wildman–Crippen LogP) is 4.91. The quantitative estimate of drug-likeness (QED) is 0.717. The molecule has 0 aromatic heterocycles. The Morgan fingerprint density at radius 2 is 2.11 bits per heavy atom. The maximum Gasteiger partial charge on any atom is 0.0369 e. The van der Waals surface area contributed by atoms with E-state index < -0.39 is 0 Å². The molecule has 1 aromatic carbocycles. The van der Waals surface area contributed by atoms with Crippen LogP contribution in [0.2, 0.25) is 0 Å². The fourth-order valence-corrected chi connectivity index (χ4v) is 3.49. The first-order chi connectivity index (χ1) is 8.74. The molecule has 1 heterocycles. The third-order valence-electron chi connectivity index (χ3n) is 4.26. The normalized spacial score (nSPS) is 20.8. The Bertz CT molecular complexity index is 389. The Morgan fingerprint density at radius 3 is 2.78 bits per heavy atom. The number of hydrogen-bond acceptors (Lipinski definition) is 1. The van der Waals surface area contributed by atoms with E-state index in [0.29, 0.717) is 0 Å². The lowest BCUT2D eigenvalue weighted by molar-refractivity contribution is 0.459. The second-order valence-electron chi connectivity index (χ2n) is 5.44. The van der Waals surface area contributed by atoms with E-state index in [-0.39, 0.29) is 0 Å². The first kappa shape index (κ1) is 13.9. The Balaban J connectivity index is 2.09. The molecule has 1 atom stereocenters. The number of benzene rings is 1. The van der Waals surface area contributed by atoms with Crippen molar-refractivity contribution in [3.05, 3.63) is 29.3 Å². The molecule has 2 rings (SSSR count). The van der Waals surface area contributed by atoms with Gasteiger partial charge in [0.2, 0.25) is 0 Å². The summed E-state index contributed by atoms with van der Waals surface area (Å²) >= 11 is 3.54. The highest BCUT2D eigenvalue weighted by Gasteiger charge is 2.16. The van der Waals surface area contributed by atoms with Crippen molar-refractivity contribution in [2.45, 2.75) is 44.9 Å². The molecule has 1 saturated heterocycles. The van der Waals surface area contributed by atoms with Crippen LogP contribution in [-0.2, 0) is 5.33 Å². The summed E-state index contributed by atoms with van der Waals surface area (Å²) in [7, 11) is 0. The van der Waals surface area contributed by atoms with Gasteiger partial charge in [-0.3, -0.25) is 0 Å². The summed E-state index contributed by atoms with van der Waals surface area (Å²) in [6.45, 7) is 7.00. The van der Waals surface area contributed by atoms with Crippen molar-refractivity contribution in [2.24, 2.45) is 5.92 Å². The van der Waals surface area contributed by atoms with E-state index in [2.05, 4.69) is 52.9 Å². The minimum atomic E-state index is 0.943. The summed E-state index contributed by atoms with van der Waals surface area (Å²) in [5.41, 5.74) is 4.22. The van der Waals surface area contributed by atoms with Gasteiger partial charge in [0.1, 0.15) is 0 Å². The van der Waals surface area contributed by atoms with Crippen molar-refractivity contribution in [3.63, 3.8) is 0 Å². The fraction of sp³-hybridized carbons (Fsp3) is 0.625. The minimum absolute atomic E-state index is 0.943. The number of nitrogens with zero attached hydrogens (tertiary/aromatic N) is 1. The third kappa shape index (κ3) is 3.28. The van der Waals surface area contributed by atoms with Crippen molar-refractivity contribution in [3.8, 4) is 0 Å². The minimum Gasteiger partial charge on any atom is -0.372 e. The van der Waals surface area contributed by atoms with Gasteiger partial charge in [-0.05, 0) is 55.4 Å². The molecule has 100 valence electrons. The van der Waals surface area contributed by atoms with Crippen LogP contribution in [0.25, 0.3) is 0 Å². The fourth-order valence-electron chi connectivity index (χ4n) is 2.86. The second kappa shape index (κ2) is 6.60. The van der Waals surface area contributed by atoms with Crippen molar-refractivity contribution in [1.29, 1.82) is 0 Å². The average Bonchev–Trinajstić information content (AvgIpc) is 2.63. The van der Waals surface area contributed by atoms with Crippen LogP contribution in [0.4, 0.5) is 5.69 Å². The average molecular weight is 310 g/mol. The number of rotatable bonds is 3. The maximum absolute atomic E-state index is 3.54. The third-order valence-corrected chi connectivity index (χ3v) is 4.86. The van der Waals surface area contributed by atoms with Crippen LogP contribution in [0.15, 0.2) is 18.2 Å². The summed E-state index contributed by atoms with van der Waals surface area (Å²) in [4.78, 5) is 2.57. The number of anilines is 1. The predicted molar refractivity (Wildman–Crippen MR) is 83.7 cm³/mol. The summed E-state index contributed by atoms with van der Waals surface area (Å²) in [6.07, 6.45) is 5.45. The molecule has 1 aromatic rings. The first-order valence-electron chi connectivity index (χ1n) is 7.15. The molecule has 0 N–H and O–H groups in total. The second-order valence-corrected chi connectivity index (χ2v) is 6.00. The first-order valence-corrected chi connectivity index (χ1v) is 8.27. The van der Waals surface area contributed by atoms with E-state index in [1.807, 2.05) is 0 Å². The Morgan fingerprint density at radius 1 is 1.28 bits per heavy atom. The standard InChI is InChI=1S/C16H24BrN/c1-3-14-5-4-9-18(10-8-14)16-7-6-15(12-17)13(2)11-16/h6-7,11,14H,3-5,8-10,12H2,1-2H3. The molecule has 1 nitrogen and oxygen atoms in total. The maximum atomic E-state index is 3.54. The van der Waals surface area contributed by atoms with Gasteiger partial charge < -0.3 is 4.90 Å². The lowest BCUT2D eigenvalue weighted by atomic mass is 9.98. The summed E-state index contributed by atoms with van der Waals surface area (Å²) in [5, 5.41) is 0.955. The number of aryl methyl sites for hydroxylation is 1. The van der Waals surface area contributed by atoms with Gasteiger partial charge in [-0.15, -0.1) is 0 Å². The number of halogens is 1. The highest BCUT2D eigenvalue weighted by atomic mass is 79.9. The van der Waals surface area contributed by atoms with Crippen LogP contribution >= 0.6 is 15.9 Å². The molecule has 1 unspecified atom stereocenters. The molecule has 0 bridgehead atoms. The van der Waals surface area contributed by atoms with Gasteiger partial charge in [-0.25, -0.2) is 0 Å². The van der Waals surface area contributed by atoms with Gasteiger partial charge >= 0.3 is 0 Å². The van der Waals surface area contributed by atoms with Crippen molar-refractivity contribution >= 4 is 21.6 Å². The highest BCUT2D eigenvalue weighted by molar-refractivity contribution is 9.08. The van der Waals surface area contributed by atoms with Crippen molar-refractivity contribution < 1.29 is 0 Å². The summed E-state index contributed by atoms with van der Waals surface area (Å²) < 4.78 is 0. The van der Waals surface area contributed by atoms with Gasteiger partial charge in [0.25, 0.3) is 0 Å². The molecule has 0 saturated carbocycles. The van der Waals surface area contributed by atoms with Crippen LogP contribution in [0, 0.1) is 12.8 Å². The lowest BCUT2D eigenvalue weighted by Gasteiger charge is -2.24. The molecule has 0 radical (unpaired) electrons. The summed E-state index contributed by atoms with van der Waals surface area (Å²) in [5.74, 6) is 0.943. The molecular formula is C16H24BrN. The van der Waals surface area contributed by atoms with E-state index in [4.69, 9.17) is 0 Å². The zero-order valence-electron chi connectivity index (χ0n) is 11.6.